The van der Waals surface area contributed by atoms with Crippen LogP contribution in [0.4, 0.5) is 5.69 Å². The minimum atomic E-state index is -1.42. The number of nitrogens with one attached hydrogen (secondary N) is 1. The van der Waals surface area contributed by atoms with Crippen LogP contribution in [0.25, 0.3) is 0 Å². The Hall–Kier alpha value is -0.685. The fraction of sp³-hybridized carbons (Fsp3) is 0.455. The topological polar surface area (TPSA) is 55.7 Å². The molecule has 0 atom stereocenters. The van der Waals surface area contributed by atoms with Crippen LogP contribution in [0.2, 0.25) is 0 Å². The molecule has 0 aliphatic carbocycles. The Morgan fingerprint density at radius 1 is 1.24 bits per heavy atom. The Morgan fingerprint density at radius 2 is 1.94 bits per heavy atom. The molecule has 0 amide bonds. The molecule has 0 aromatic heterocycles. The lowest BCUT2D eigenvalue weighted by molar-refractivity contribution is 0.425. The van der Waals surface area contributed by atoms with Crippen LogP contribution in [0, 0.1) is 0 Å². The summed E-state index contributed by atoms with van der Waals surface area (Å²) in [5, 5.41) is 21.8. The second kappa shape index (κ2) is 5.77. The molecule has 2 rings (SSSR count). The Labute approximate surface area is 107 Å². The molecule has 92 valence electrons. The van der Waals surface area contributed by atoms with Crippen molar-refractivity contribution in [2.24, 2.45) is 0 Å². The second-order valence-corrected chi connectivity index (χ2v) is 4.52. The third kappa shape index (κ3) is 3.16. The summed E-state index contributed by atoms with van der Waals surface area (Å²) in [5.41, 5.74) is 2.58. The molecule has 1 aromatic carbocycles. The van der Waals surface area contributed by atoms with Crippen LogP contribution in [0.1, 0.15) is 5.56 Å². The lowest BCUT2D eigenvalue weighted by Crippen LogP contribution is -2.44. The molecule has 17 heavy (non-hydrogen) atoms. The summed E-state index contributed by atoms with van der Waals surface area (Å²) in [6.07, 6.45) is 0. The Morgan fingerprint density at radius 3 is 2.53 bits per heavy atom. The van der Waals surface area contributed by atoms with Gasteiger partial charge in [0.1, 0.15) is 0 Å². The first-order valence-electron chi connectivity index (χ1n) is 5.77. The normalized spacial score (nSPS) is 16.1. The summed E-state index contributed by atoms with van der Waals surface area (Å²) in [5.74, 6) is 0.597. The Kier molecular flexibility index (Phi) is 4.33. The molecule has 0 bridgehead atoms. The lowest BCUT2D eigenvalue weighted by atomic mass is 9.79. The zero-order valence-electron chi connectivity index (χ0n) is 9.63. The average molecular weight is 252 g/mol. The second-order valence-electron chi connectivity index (χ2n) is 4.20. The highest BCUT2D eigenvalue weighted by molar-refractivity contribution is 7.79. The zero-order valence-corrected chi connectivity index (χ0v) is 10.5. The smallest absolute Gasteiger partial charge is 0.423 e. The average Bonchev–Trinajstić information content (AvgIpc) is 2.39. The maximum Gasteiger partial charge on any atom is 0.488 e. The summed E-state index contributed by atoms with van der Waals surface area (Å²) < 4.78 is 0. The molecule has 1 saturated heterocycles. The van der Waals surface area contributed by atoms with E-state index in [1.54, 1.807) is 6.07 Å². The number of piperazine rings is 1. The van der Waals surface area contributed by atoms with Gasteiger partial charge in [0.25, 0.3) is 0 Å². The maximum absolute atomic E-state index is 9.27. The van der Waals surface area contributed by atoms with Crippen molar-refractivity contribution < 1.29 is 10.0 Å². The van der Waals surface area contributed by atoms with Crippen molar-refractivity contribution in [1.29, 1.82) is 0 Å². The van der Waals surface area contributed by atoms with Crippen LogP contribution in [-0.2, 0) is 5.75 Å². The molecule has 3 N–H and O–H groups in total. The van der Waals surface area contributed by atoms with Crippen molar-refractivity contribution in [2.45, 2.75) is 5.75 Å². The molecule has 1 heterocycles. The summed E-state index contributed by atoms with van der Waals surface area (Å²) in [6, 6.07) is 5.68. The number of hydrogen-bond donors (Lipinski definition) is 4. The molecule has 1 fully saturated rings. The van der Waals surface area contributed by atoms with Gasteiger partial charge < -0.3 is 20.3 Å². The molecular weight excluding hydrogens is 235 g/mol. The lowest BCUT2D eigenvalue weighted by Gasteiger charge is -2.30. The van der Waals surface area contributed by atoms with Gasteiger partial charge in [-0.25, -0.2) is 0 Å². The third-order valence-electron chi connectivity index (χ3n) is 2.96. The van der Waals surface area contributed by atoms with Gasteiger partial charge in [-0.1, -0.05) is 6.07 Å². The first-order valence-corrected chi connectivity index (χ1v) is 6.40. The van der Waals surface area contributed by atoms with Crippen molar-refractivity contribution in [3.63, 3.8) is 0 Å². The van der Waals surface area contributed by atoms with Crippen LogP contribution in [0.5, 0.6) is 0 Å². The summed E-state index contributed by atoms with van der Waals surface area (Å²) in [4.78, 5) is 2.25. The SMILES string of the molecule is OB(O)c1cc(CS)cc(N2CCNCC2)c1. The van der Waals surface area contributed by atoms with Crippen LogP contribution < -0.4 is 15.7 Å². The number of hydrogen-bond acceptors (Lipinski definition) is 5. The minimum Gasteiger partial charge on any atom is -0.423 e. The molecule has 0 radical (unpaired) electrons. The van der Waals surface area contributed by atoms with Crippen molar-refractivity contribution in [2.75, 3.05) is 31.1 Å². The van der Waals surface area contributed by atoms with Crippen molar-refractivity contribution in [3.05, 3.63) is 23.8 Å². The number of anilines is 1. The first-order chi connectivity index (χ1) is 8.20. The van der Waals surface area contributed by atoms with Gasteiger partial charge in [-0.15, -0.1) is 0 Å². The van der Waals surface area contributed by atoms with Crippen molar-refractivity contribution in [3.8, 4) is 0 Å². The molecule has 1 aromatic rings. The van der Waals surface area contributed by atoms with Crippen LogP contribution in [-0.4, -0.2) is 43.3 Å². The van der Waals surface area contributed by atoms with Gasteiger partial charge in [0.2, 0.25) is 0 Å². The highest BCUT2D eigenvalue weighted by atomic mass is 32.1. The van der Waals surface area contributed by atoms with Crippen LogP contribution in [0.15, 0.2) is 18.2 Å². The summed E-state index contributed by atoms with van der Waals surface area (Å²) in [7, 11) is -1.42. The predicted molar refractivity (Wildman–Crippen MR) is 74.0 cm³/mol. The fourth-order valence-electron chi connectivity index (χ4n) is 2.05. The number of benzene rings is 1. The highest BCUT2D eigenvalue weighted by Gasteiger charge is 2.16. The molecular formula is C11H17BN2O2S. The van der Waals surface area contributed by atoms with E-state index in [9.17, 15) is 10.0 Å². The quantitative estimate of drug-likeness (QED) is 0.420. The summed E-state index contributed by atoms with van der Waals surface area (Å²) >= 11 is 4.24. The van der Waals surface area contributed by atoms with E-state index < -0.39 is 7.12 Å². The van der Waals surface area contributed by atoms with E-state index in [1.807, 2.05) is 6.07 Å². The van der Waals surface area contributed by atoms with Gasteiger partial charge >= 0.3 is 7.12 Å². The van der Waals surface area contributed by atoms with E-state index in [1.165, 1.54) is 0 Å². The zero-order chi connectivity index (χ0) is 12.3. The van der Waals surface area contributed by atoms with E-state index in [2.05, 4.69) is 28.9 Å². The molecule has 0 saturated carbocycles. The molecule has 4 nitrogen and oxygen atoms in total. The predicted octanol–water partition coefficient (Wildman–Crippen LogP) is -0.794. The van der Waals surface area contributed by atoms with Gasteiger partial charge in [0.15, 0.2) is 0 Å². The first kappa shape index (κ1) is 12.8. The monoisotopic (exact) mass is 252 g/mol. The fourth-order valence-corrected chi connectivity index (χ4v) is 2.23. The number of nitrogens with zero attached hydrogens (tertiary/aromatic N) is 1. The Balaban J connectivity index is 2.28. The summed E-state index contributed by atoms with van der Waals surface area (Å²) in [6.45, 7) is 3.80. The van der Waals surface area contributed by atoms with Gasteiger partial charge in [0.05, 0.1) is 0 Å². The van der Waals surface area contributed by atoms with Gasteiger partial charge in [-0.05, 0) is 23.2 Å². The molecule has 6 heteroatoms. The minimum absolute atomic E-state index is 0.532. The Bertz CT molecular complexity index is 384. The molecule has 0 unspecified atom stereocenters. The third-order valence-corrected chi connectivity index (χ3v) is 3.33. The van der Waals surface area contributed by atoms with Gasteiger partial charge in [0, 0.05) is 37.6 Å². The van der Waals surface area contributed by atoms with Crippen LogP contribution in [0.3, 0.4) is 0 Å². The van der Waals surface area contributed by atoms with Gasteiger partial charge in [-0.3, -0.25) is 0 Å². The highest BCUT2D eigenvalue weighted by Crippen LogP contribution is 2.17. The maximum atomic E-state index is 9.27. The number of rotatable bonds is 3. The molecule has 1 aliphatic heterocycles. The largest absolute Gasteiger partial charge is 0.488 e. The van der Waals surface area contributed by atoms with Gasteiger partial charge in [-0.2, -0.15) is 12.6 Å². The van der Waals surface area contributed by atoms with Crippen LogP contribution >= 0.6 is 12.6 Å². The van der Waals surface area contributed by atoms with E-state index >= 15 is 0 Å². The van der Waals surface area contributed by atoms with E-state index in [0.29, 0.717) is 11.2 Å². The molecule has 1 aliphatic rings. The molecule has 0 spiro atoms. The van der Waals surface area contributed by atoms with E-state index in [4.69, 9.17) is 0 Å². The van der Waals surface area contributed by atoms with Crippen molar-refractivity contribution >= 4 is 30.9 Å². The van der Waals surface area contributed by atoms with Crippen molar-refractivity contribution in [1.82, 2.24) is 5.32 Å². The standard InChI is InChI=1S/C11H17BN2O2S/c15-12(16)10-5-9(8-17)6-11(7-10)14-3-1-13-2-4-14/h5-7,13,15-17H,1-4,8H2. The number of thiol groups is 1. The van der Waals surface area contributed by atoms with E-state index in [-0.39, 0.29) is 0 Å². The van der Waals surface area contributed by atoms with E-state index in [0.717, 1.165) is 37.4 Å².